The molecule has 2 aromatic rings. The first kappa shape index (κ1) is 22.1. The van der Waals surface area contributed by atoms with E-state index in [2.05, 4.69) is 10.2 Å². The Kier molecular flexibility index (Phi) is 4.72. The number of hydrogen-bond acceptors (Lipinski definition) is 5. The Morgan fingerprint density at radius 2 is 2.00 bits per heavy atom. The molecule has 2 aromatic carbocycles. The Hall–Kier alpha value is -3.12. The SMILES string of the molecule is Cc1ccc(/C=C\C(=O)N[C@@]23CCC(=O)[C@@H]4Oc5c(O)ccc6c5[C@@]42CCN(CC2CC2)[C@@H]3C6)cc1. The molecule has 2 saturated carbocycles. The van der Waals surface area contributed by atoms with Crippen LogP contribution in [0, 0.1) is 12.8 Å². The van der Waals surface area contributed by atoms with Crippen molar-refractivity contribution in [1.29, 1.82) is 0 Å². The van der Waals surface area contributed by atoms with Crippen molar-refractivity contribution in [3.63, 3.8) is 0 Å². The molecule has 1 spiro atoms. The summed E-state index contributed by atoms with van der Waals surface area (Å²) in [5.41, 5.74) is 2.99. The van der Waals surface area contributed by atoms with Gasteiger partial charge in [-0.15, -0.1) is 0 Å². The second-order valence-corrected chi connectivity index (χ2v) is 11.5. The number of rotatable bonds is 5. The molecule has 2 N–H and O–H groups in total. The zero-order valence-electron chi connectivity index (χ0n) is 20.6. The lowest BCUT2D eigenvalue weighted by Gasteiger charge is -2.65. The van der Waals surface area contributed by atoms with Gasteiger partial charge in [-0.3, -0.25) is 14.5 Å². The van der Waals surface area contributed by atoms with E-state index in [9.17, 15) is 14.7 Å². The van der Waals surface area contributed by atoms with E-state index >= 15 is 0 Å². The maximum absolute atomic E-state index is 13.6. The topological polar surface area (TPSA) is 78.9 Å². The summed E-state index contributed by atoms with van der Waals surface area (Å²) in [6, 6.07) is 11.9. The van der Waals surface area contributed by atoms with Crippen LogP contribution in [0.15, 0.2) is 42.5 Å². The highest BCUT2D eigenvalue weighted by molar-refractivity contribution is 5.95. The Morgan fingerprint density at radius 3 is 2.78 bits per heavy atom. The van der Waals surface area contributed by atoms with Crippen molar-refractivity contribution >= 4 is 17.8 Å². The number of ether oxygens (including phenoxy) is 1. The van der Waals surface area contributed by atoms with Crippen LogP contribution in [0.3, 0.4) is 0 Å². The quantitative estimate of drug-likeness (QED) is 0.633. The van der Waals surface area contributed by atoms with Crippen LogP contribution in [0.5, 0.6) is 11.5 Å². The molecule has 0 unspecified atom stereocenters. The van der Waals surface area contributed by atoms with Crippen molar-refractivity contribution < 1.29 is 19.4 Å². The first-order valence-electron chi connectivity index (χ1n) is 13.3. The molecule has 0 radical (unpaired) electrons. The van der Waals surface area contributed by atoms with Gasteiger partial charge in [0, 0.05) is 30.6 Å². The number of carbonyl (C=O) groups excluding carboxylic acids is 2. The van der Waals surface area contributed by atoms with Crippen molar-refractivity contribution in [2.45, 2.75) is 68.5 Å². The number of aryl methyl sites for hydroxylation is 1. The van der Waals surface area contributed by atoms with Crippen LogP contribution in [0.4, 0.5) is 0 Å². The van der Waals surface area contributed by atoms with Gasteiger partial charge in [0.25, 0.3) is 0 Å². The lowest BCUT2D eigenvalue weighted by molar-refractivity contribution is -0.148. The lowest BCUT2D eigenvalue weighted by Crippen LogP contribution is -2.81. The Labute approximate surface area is 211 Å². The van der Waals surface area contributed by atoms with Crippen LogP contribution in [-0.4, -0.2) is 52.5 Å². The summed E-state index contributed by atoms with van der Waals surface area (Å²) in [7, 11) is 0. The summed E-state index contributed by atoms with van der Waals surface area (Å²) in [5.74, 6) is 1.21. The molecule has 36 heavy (non-hydrogen) atoms. The second-order valence-electron chi connectivity index (χ2n) is 11.5. The molecule has 5 aliphatic rings. The molecule has 3 fully saturated rings. The third kappa shape index (κ3) is 3.00. The highest BCUT2D eigenvalue weighted by Crippen LogP contribution is 2.65. The number of carbonyl (C=O) groups is 2. The minimum atomic E-state index is -0.666. The Morgan fingerprint density at radius 1 is 1.19 bits per heavy atom. The largest absolute Gasteiger partial charge is 0.504 e. The first-order valence-corrected chi connectivity index (χ1v) is 13.3. The summed E-state index contributed by atoms with van der Waals surface area (Å²) >= 11 is 0. The fraction of sp³-hybridized carbons (Fsp3) is 0.467. The lowest BCUT2D eigenvalue weighted by atomic mass is 9.47. The van der Waals surface area contributed by atoms with E-state index in [0.29, 0.717) is 18.6 Å². The molecule has 4 atom stereocenters. The highest BCUT2D eigenvalue weighted by Gasteiger charge is 2.73. The van der Waals surface area contributed by atoms with Gasteiger partial charge in [-0.05, 0) is 74.8 Å². The molecule has 7 rings (SSSR count). The van der Waals surface area contributed by atoms with E-state index in [1.54, 1.807) is 12.1 Å². The number of aromatic hydroxyl groups is 1. The van der Waals surface area contributed by atoms with Crippen LogP contribution in [0.1, 0.15) is 54.4 Å². The Balaban J connectivity index is 1.33. The van der Waals surface area contributed by atoms with E-state index < -0.39 is 17.1 Å². The molecule has 1 amide bonds. The van der Waals surface area contributed by atoms with Crippen LogP contribution < -0.4 is 10.1 Å². The molecule has 3 aliphatic carbocycles. The zero-order valence-corrected chi connectivity index (χ0v) is 20.6. The number of hydrogen-bond donors (Lipinski definition) is 2. The van der Waals surface area contributed by atoms with Gasteiger partial charge in [-0.25, -0.2) is 0 Å². The molecular weight excluding hydrogens is 452 g/mol. The molecule has 0 aromatic heterocycles. The van der Waals surface area contributed by atoms with Crippen molar-refractivity contribution in [2.75, 3.05) is 13.1 Å². The molecule has 2 bridgehead atoms. The fourth-order valence-electron chi connectivity index (χ4n) is 7.67. The maximum Gasteiger partial charge on any atom is 0.244 e. The molecule has 6 heteroatoms. The van der Waals surface area contributed by atoms with Gasteiger partial charge in [0.05, 0.1) is 11.0 Å². The fourth-order valence-corrected chi connectivity index (χ4v) is 7.67. The third-order valence-electron chi connectivity index (χ3n) is 9.46. The Bertz CT molecular complexity index is 1300. The number of amides is 1. The third-order valence-corrected chi connectivity index (χ3v) is 9.46. The molecular formula is C30H32N2O4. The minimum Gasteiger partial charge on any atom is -0.504 e. The molecule has 186 valence electrons. The van der Waals surface area contributed by atoms with Gasteiger partial charge in [-0.1, -0.05) is 35.9 Å². The predicted octanol–water partition coefficient (Wildman–Crippen LogP) is 3.67. The number of nitrogens with one attached hydrogen (secondary N) is 1. The van der Waals surface area contributed by atoms with Gasteiger partial charge in [-0.2, -0.15) is 0 Å². The normalized spacial score (nSPS) is 32.3. The summed E-state index contributed by atoms with van der Waals surface area (Å²) in [5, 5.41) is 14.2. The van der Waals surface area contributed by atoms with Crippen LogP contribution in [0.25, 0.3) is 6.08 Å². The van der Waals surface area contributed by atoms with Gasteiger partial charge in [0.1, 0.15) is 0 Å². The standard InChI is InChI=1S/C30H32N2O4/c1-18-2-4-19(5-3-18)8-11-25(35)31-30-13-12-23(34)28-29(30)14-15-32(17-20-6-7-20)24(30)16-21-9-10-22(33)27(36-28)26(21)29/h2-5,8-11,20,24,28,33H,6-7,12-17H2,1H3,(H,31,35)/b11-8-/t24-,28+,29+,30-/m1/s1. The summed E-state index contributed by atoms with van der Waals surface area (Å²) in [6.45, 7) is 3.96. The average Bonchev–Trinajstić information content (AvgIpc) is 3.61. The van der Waals surface area contributed by atoms with E-state index in [0.717, 1.165) is 48.5 Å². The molecule has 2 aliphatic heterocycles. The maximum atomic E-state index is 13.6. The van der Waals surface area contributed by atoms with E-state index in [1.165, 1.54) is 18.4 Å². The minimum absolute atomic E-state index is 0.0768. The van der Waals surface area contributed by atoms with Crippen LogP contribution >= 0.6 is 0 Å². The van der Waals surface area contributed by atoms with Gasteiger partial charge < -0.3 is 15.2 Å². The molecule has 1 saturated heterocycles. The van der Waals surface area contributed by atoms with Gasteiger partial charge >= 0.3 is 0 Å². The summed E-state index contributed by atoms with van der Waals surface area (Å²) in [4.78, 5) is 29.5. The second kappa shape index (κ2) is 7.69. The number of ketones is 1. The van der Waals surface area contributed by atoms with Crippen LogP contribution in [-0.2, 0) is 21.4 Å². The number of phenolic OH excluding ortho intramolecular Hbond substituents is 1. The van der Waals surface area contributed by atoms with Gasteiger partial charge in [0.15, 0.2) is 23.4 Å². The highest BCUT2D eigenvalue weighted by atomic mass is 16.5. The number of piperidine rings is 1. The summed E-state index contributed by atoms with van der Waals surface area (Å²) < 4.78 is 6.31. The first-order chi connectivity index (χ1) is 17.4. The number of phenols is 1. The number of Topliss-reactive ketones (excluding diaryl/α,β-unsaturated/α-hetero) is 1. The van der Waals surface area contributed by atoms with Crippen molar-refractivity contribution in [2.24, 2.45) is 5.92 Å². The van der Waals surface area contributed by atoms with Crippen LogP contribution in [0.2, 0.25) is 0 Å². The average molecular weight is 485 g/mol. The monoisotopic (exact) mass is 484 g/mol. The van der Waals surface area contributed by atoms with Crippen molar-refractivity contribution in [3.8, 4) is 11.5 Å². The molecule has 2 heterocycles. The predicted molar refractivity (Wildman–Crippen MR) is 136 cm³/mol. The molecule has 6 nitrogen and oxygen atoms in total. The van der Waals surface area contributed by atoms with E-state index in [-0.39, 0.29) is 23.5 Å². The van der Waals surface area contributed by atoms with Gasteiger partial charge in [0.2, 0.25) is 5.91 Å². The number of nitrogens with zero attached hydrogens (tertiary/aromatic N) is 1. The van der Waals surface area contributed by atoms with Crippen molar-refractivity contribution in [3.05, 3.63) is 64.7 Å². The zero-order chi connectivity index (χ0) is 24.7. The number of likely N-dealkylation sites (tertiary alicyclic amines) is 1. The summed E-state index contributed by atoms with van der Waals surface area (Å²) in [6.07, 6.45) is 7.82. The number of benzene rings is 2. The van der Waals surface area contributed by atoms with Crippen molar-refractivity contribution in [1.82, 2.24) is 10.2 Å². The smallest absolute Gasteiger partial charge is 0.244 e. The van der Waals surface area contributed by atoms with E-state index in [4.69, 9.17) is 4.74 Å². The van der Waals surface area contributed by atoms with E-state index in [1.807, 2.05) is 43.3 Å².